The molecule has 3 N–H and O–H groups in total. The third-order valence-electron chi connectivity index (χ3n) is 8.67. The van der Waals surface area contributed by atoms with Gasteiger partial charge in [0.05, 0.1) is 13.2 Å². The number of rotatable bonds is 39. The van der Waals surface area contributed by atoms with Crippen LogP contribution in [0.3, 0.4) is 0 Å². The highest BCUT2D eigenvalue weighted by atomic mass is 31.2. The molecular formula is C45H78NO8P. The van der Waals surface area contributed by atoms with Gasteiger partial charge in [-0.1, -0.05) is 164 Å². The second-order valence-corrected chi connectivity index (χ2v) is 15.4. The summed E-state index contributed by atoms with van der Waals surface area (Å²) in [6.07, 6.45) is 49.3. The summed E-state index contributed by atoms with van der Waals surface area (Å²) in [5, 5.41) is 0. The van der Waals surface area contributed by atoms with Gasteiger partial charge >= 0.3 is 19.8 Å². The summed E-state index contributed by atoms with van der Waals surface area (Å²) in [6.45, 7) is 3.52. The quantitative estimate of drug-likeness (QED) is 0.0205. The van der Waals surface area contributed by atoms with Gasteiger partial charge in [0.25, 0.3) is 0 Å². The Labute approximate surface area is 335 Å². The SMILES string of the molecule is CC/C=C/C=C/C=C/C=C/CCCCCCCC(=O)O[C@H](COC(=O)CCCCCCCCCCC/C=C/C/C=C/CCCCC)COP(=O)(O)OCCN. The van der Waals surface area contributed by atoms with Crippen LogP contribution in [0.1, 0.15) is 168 Å². The van der Waals surface area contributed by atoms with Crippen LogP contribution in [0.4, 0.5) is 0 Å². The van der Waals surface area contributed by atoms with E-state index < -0.39 is 32.5 Å². The summed E-state index contributed by atoms with van der Waals surface area (Å²) in [7, 11) is -4.39. The minimum Gasteiger partial charge on any atom is -0.462 e. The van der Waals surface area contributed by atoms with Gasteiger partial charge in [0.15, 0.2) is 6.10 Å². The van der Waals surface area contributed by atoms with Crippen molar-refractivity contribution in [3.05, 3.63) is 72.9 Å². The minimum atomic E-state index is -4.39. The van der Waals surface area contributed by atoms with E-state index in [9.17, 15) is 19.0 Å². The fourth-order valence-electron chi connectivity index (χ4n) is 5.50. The molecule has 0 aliphatic carbocycles. The number of nitrogens with two attached hydrogens (primary N) is 1. The van der Waals surface area contributed by atoms with Crippen LogP contribution in [0.15, 0.2) is 72.9 Å². The molecule has 0 radical (unpaired) electrons. The summed E-state index contributed by atoms with van der Waals surface area (Å²) in [4.78, 5) is 34.9. The molecule has 0 fully saturated rings. The maximum Gasteiger partial charge on any atom is 0.472 e. The number of hydrogen-bond donors (Lipinski definition) is 2. The van der Waals surface area contributed by atoms with E-state index in [4.69, 9.17) is 24.3 Å². The molecule has 316 valence electrons. The van der Waals surface area contributed by atoms with Gasteiger partial charge in [-0.2, -0.15) is 0 Å². The third kappa shape index (κ3) is 40.9. The molecule has 0 aromatic heterocycles. The van der Waals surface area contributed by atoms with Crippen LogP contribution in [0.2, 0.25) is 0 Å². The molecule has 10 heteroatoms. The molecule has 0 aliphatic rings. The molecule has 2 atom stereocenters. The van der Waals surface area contributed by atoms with Crippen molar-refractivity contribution in [2.75, 3.05) is 26.4 Å². The lowest BCUT2D eigenvalue weighted by atomic mass is 10.1. The topological polar surface area (TPSA) is 134 Å². The van der Waals surface area contributed by atoms with Gasteiger partial charge in [0.2, 0.25) is 0 Å². The molecule has 0 aliphatic heterocycles. The van der Waals surface area contributed by atoms with Crippen molar-refractivity contribution in [2.24, 2.45) is 5.73 Å². The number of unbranched alkanes of at least 4 members (excludes halogenated alkanes) is 17. The van der Waals surface area contributed by atoms with Gasteiger partial charge in [-0.3, -0.25) is 18.6 Å². The zero-order valence-electron chi connectivity index (χ0n) is 34.6. The molecule has 0 heterocycles. The second kappa shape index (κ2) is 41.1. The van der Waals surface area contributed by atoms with Crippen LogP contribution in [0, 0.1) is 0 Å². The zero-order valence-corrected chi connectivity index (χ0v) is 35.5. The lowest BCUT2D eigenvalue weighted by Crippen LogP contribution is -2.29. The van der Waals surface area contributed by atoms with Crippen LogP contribution >= 0.6 is 7.82 Å². The molecule has 0 aromatic carbocycles. The third-order valence-corrected chi connectivity index (χ3v) is 9.66. The van der Waals surface area contributed by atoms with E-state index in [1.165, 1.54) is 57.8 Å². The number of ether oxygens (including phenoxy) is 2. The summed E-state index contributed by atoms with van der Waals surface area (Å²) in [5.74, 6) is -0.866. The van der Waals surface area contributed by atoms with Gasteiger partial charge in [0.1, 0.15) is 6.61 Å². The van der Waals surface area contributed by atoms with E-state index in [1.807, 2.05) is 30.4 Å². The van der Waals surface area contributed by atoms with Gasteiger partial charge in [-0.05, 0) is 64.2 Å². The van der Waals surface area contributed by atoms with Crippen LogP contribution < -0.4 is 5.73 Å². The van der Waals surface area contributed by atoms with E-state index >= 15 is 0 Å². The average molecular weight is 792 g/mol. The van der Waals surface area contributed by atoms with Crippen molar-refractivity contribution >= 4 is 19.8 Å². The monoisotopic (exact) mass is 792 g/mol. The lowest BCUT2D eigenvalue weighted by molar-refractivity contribution is -0.161. The molecular weight excluding hydrogens is 713 g/mol. The number of esters is 2. The van der Waals surface area contributed by atoms with Crippen molar-refractivity contribution < 1.29 is 37.6 Å². The average Bonchev–Trinajstić information content (AvgIpc) is 3.17. The van der Waals surface area contributed by atoms with Crippen LogP contribution in [0.25, 0.3) is 0 Å². The fourth-order valence-corrected chi connectivity index (χ4v) is 6.26. The maximum absolute atomic E-state index is 12.6. The number of hydrogen-bond acceptors (Lipinski definition) is 8. The van der Waals surface area contributed by atoms with Crippen LogP contribution in [0.5, 0.6) is 0 Å². The largest absolute Gasteiger partial charge is 0.472 e. The van der Waals surface area contributed by atoms with E-state index in [2.05, 4.69) is 56.4 Å². The Balaban J connectivity index is 4.19. The molecule has 0 bridgehead atoms. The Morgan fingerprint density at radius 2 is 1.07 bits per heavy atom. The van der Waals surface area contributed by atoms with Crippen molar-refractivity contribution in [1.29, 1.82) is 0 Å². The van der Waals surface area contributed by atoms with Gasteiger partial charge in [-0.15, -0.1) is 0 Å². The minimum absolute atomic E-state index is 0.0448. The number of phosphoric acid groups is 1. The Morgan fingerprint density at radius 3 is 1.64 bits per heavy atom. The Kier molecular flexibility index (Phi) is 39.2. The normalized spacial score (nSPS) is 14.0. The van der Waals surface area contributed by atoms with Crippen molar-refractivity contribution in [1.82, 2.24) is 0 Å². The first kappa shape index (κ1) is 52.5. The maximum atomic E-state index is 12.6. The highest BCUT2D eigenvalue weighted by Crippen LogP contribution is 2.43. The molecule has 0 saturated carbocycles. The van der Waals surface area contributed by atoms with Crippen LogP contribution in [-0.4, -0.2) is 49.3 Å². The smallest absolute Gasteiger partial charge is 0.462 e. The van der Waals surface area contributed by atoms with E-state index in [0.29, 0.717) is 6.42 Å². The van der Waals surface area contributed by atoms with E-state index in [-0.39, 0.29) is 32.6 Å². The van der Waals surface area contributed by atoms with E-state index in [1.54, 1.807) is 0 Å². The first-order valence-electron chi connectivity index (χ1n) is 21.5. The van der Waals surface area contributed by atoms with Crippen molar-refractivity contribution in [3.8, 4) is 0 Å². The Bertz CT molecular complexity index is 1130. The predicted octanol–water partition coefficient (Wildman–Crippen LogP) is 12.3. The lowest BCUT2D eigenvalue weighted by Gasteiger charge is -2.19. The predicted molar refractivity (Wildman–Crippen MR) is 229 cm³/mol. The number of allylic oxidation sites excluding steroid dienone is 12. The highest BCUT2D eigenvalue weighted by Gasteiger charge is 2.26. The highest BCUT2D eigenvalue weighted by molar-refractivity contribution is 7.47. The number of phosphoric ester groups is 1. The molecule has 1 unspecified atom stereocenters. The number of carbonyl (C=O) groups excluding carboxylic acids is 2. The molecule has 0 amide bonds. The van der Waals surface area contributed by atoms with Gasteiger partial charge in [0, 0.05) is 19.4 Å². The molecule has 55 heavy (non-hydrogen) atoms. The molecule has 0 aromatic rings. The number of carbonyl (C=O) groups is 2. The van der Waals surface area contributed by atoms with Crippen molar-refractivity contribution in [2.45, 2.75) is 174 Å². The standard InChI is InChI=1S/C45H78NO8P/c1-3-5-7-9-11-13-15-17-19-20-21-22-24-25-27-29-31-33-35-37-44(47)51-41-43(42-53-55(49,50)52-40-39-46)54-45(48)38-36-34-32-30-28-26-23-18-16-14-12-10-8-6-4-2/h6,8,10-14,16-19,23,43H,3-5,7,9,15,20-22,24-42,46H2,1-2H3,(H,49,50)/b8-6+,12-10+,13-11+,16-14+,19-17+,23-18+/t43-/m1/s1. The molecule has 0 spiro atoms. The fraction of sp³-hybridized carbons (Fsp3) is 0.689. The summed E-state index contributed by atoms with van der Waals surface area (Å²) in [6, 6.07) is 0. The first-order chi connectivity index (χ1) is 26.8. The summed E-state index contributed by atoms with van der Waals surface area (Å²) < 4.78 is 32.7. The zero-order chi connectivity index (χ0) is 40.3. The summed E-state index contributed by atoms with van der Waals surface area (Å²) in [5.41, 5.74) is 5.34. The van der Waals surface area contributed by atoms with Gasteiger partial charge in [-0.25, -0.2) is 4.57 Å². The Morgan fingerprint density at radius 1 is 0.582 bits per heavy atom. The molecule has 9 nitrogen and oxygen atoms in total. The summed E-state index contributed by atoms with van der Waals surface area (Å²) >= 11 is 0. The second-order valence-electron chi connectivity index (χ2n) is 13.9. The molecule has 0 saturated heterocycles. The first-order valence-corrected chi connectivity index (χ1v) is 23.0. The Hall–Kier alpha value is -2.55. The van der Waals surface area contributed by atoms with Gasteiger partial charge < -0.3 is 20.1 Å². The van der Waals surface area contributed by atoms with Crippen LogP contribution in [-0.2, 0) is 32.7 Å². The molecule has 0 rings (SSSR count). The van der Waals surface area contributed by atoms with Crippen molar-refractivity contribution in [3.63, 3.8) is 0 Å². The van der Waals surface area contributed by atoms with E-state index in [0.717, 1.165) is 77.0 Å².